The van der Waals surface area contributed by atoms with Gasteiger partial charge < -0.3 is 24.3 Å². The summed E-state index contributed by atoms with van der Waals surface area (Å²) in [4.78, 5) is 21.0. The summed E-state index contributed by atoms with van der Waals surface area (Å²) in [5, 5.41) is 7.36. The van der Waals surface area contributed by atoms with E-state index in [1.165, 1.54) is 33.7 Å². The van der Waals surface area contributed by atoms with Gasteiger partial charge in [0.05, 0.1) is 27.0 Å². The van der Waals surface area contributed by atoms with E-state index in [-0.39, 0.29) is 5.91 Å². The first-order chi connectivity index (χ1) is 18.3. The van der Waals surface area contributed by atoms with Crippen LogP contribution in [-0.2, 0) is 4.79 Å². The smallest absolute Gasteiger partial charge is 0.248 e. The number of aryl methyl sites for hydroxylation is 1. The molecule has 0 unspecified atom stereocenters. The number of nitrogens with zero attached hydrogens (tertiary/aromatic N) is 4. The molecular formula is C28H29N5O5. The van der Waals surface area contributed by atoms with E-state index in [0.717, 1.165) is 22.5 Å². The van der Waals surface area contributed by atoms with E-state index in [4.69, 9.17) is 18.9 Å². The molecule has 1 amide bonds. The minimum atomic E-state index is -0.298. The molecule has 0 fully saturated rings. The Labute approximate surface area is 220 Å². The highest BCUT2D eigenvalue weighted by molar-refractivity contribution is 6.02. The fourth-order valence-electron chi connectivity index (χ4n) is 3.73. The minimum absolute atomic E-state index is 0.298. The second-order valence-electron chi connectivity index (χ2n) is 8.33. The molecule has 10 heteroatoms. The highest BCUT2D eigenvalue weighted by Gasteiger charge is 2.13. The van der Waals surface area contributed by atoms with E-state index in [2.05, 4.69) is 20.4 Å². The molecule has 0 saturated carbocycles. The number of aromatic nitrogens is 4. The number of anilines is 1. The highest BCUT2D eigenvalue weighted by Crippen LogP contribution is 2.38. The number of amides is 1. The number of nitrogens with one attached hydrogen (secondary N) is 1. The molecule has 0 radical (unpaired) electrons. The van der Waals surface area contributed by atoms with Gasteiger partial charge in [0.1, 0.15) is 12.1 Å². The Morgan fingerprint density at radius 2 is 1.61 bits per heavy atom. The van der Waals surface area contributed by atoms with Crippen molar-refractivity contribution in [2.75, 3.05) is 26.6 Å². The third kappa shape index (κ3) is 5.75. The fourth-order valence-corrected chi connectivity index (χ4v) is 3.73. The first-order valence-electron chi connectivity index (χ1n) is 11.7. The van der Waals surface area contributed by atoms with Crippen LogP contribution in [0.15, 0.2) is 54.9 Å². The van der Waals surface area contributed by atoms with Crippen LogP contribution in [0.4, 0.5) is 5.69 Å². The lowest BCUT2D eigenvalue weighted by molar-refractivity contribution is -0.111. The molecule has 2 aromatic heterocycles. The van der Waals surface area contributed by atoms with Crippen LogP contribution in [0.3, 0.4) is 0 Å². The maximum Gasteiger partial charge on any atom is 0.248 e. The molecule has 196 valence electrons. The zero-order valence-electron chi connectivity index (χ0n) is 22.1. The lowest BCUT2D eigenvalue weighted by Crippen LogP contribution is -2.07. The number of hydrogen-bond acceptors (Lipinski definition) is 8. The lowest BCUT2D eigenvalue weighted by Gasteiger charge is -2.12. The predicted octanol–water partition coefficient (Wildman–Crippen LogP) is 5.06. The number of rotatable bonds is 9. The molecule has 4 aromatic rings. The molecule has 2 heterocycles. The van der Waals surface area contributed by atoms with Crippen LogP contribution in [-0.4, -0.2) is 47.0 Å². The maximum absolute atomic E-state index is 12.5. The summed E-state index contributed by atoms with van der Waals surface area (Å²) in [6, 6.07) is 12.2. The molecule has 2 aromatic carbocycles. The van der Waals surface area contributed by atoms with Gasteiger partial charge >= 0.3 is 0 Å². The first kappa shape index (κ1) is 26.2. The van der Waals surface area contributed by atoms with Gasteiger partial charge in [-0.3, -0.25) is 4.79 Å². The number of methoxy groups -OCH3 is 3. The molecule has 0 atom stereocenters. The summed E-state index contributed by atoms with van der Waals surface area (Å²) in [5.74, 6) is 2.75. The SMILES string of the molecule is COc1cc(/C=C/C(=O)Nc2ccc(Oc3cc(-n4nc(C)c(C)c4C)ncn3)cc2)cc(OC)c1OC. The van der Waals surface area contributed by atoms with Crippen molar-refractivity contribution in [3.05, 3.63) is 77.4 Å². The minimum Gasteiger partial charge on any atom is -0.493 e. The van der Waals surface area contributed by atoms with Gasteiger partial charge in [0.25, 0.3) is 0 Å². The molecule has 0 aliphatic heterocycles. The van der Waals surface area contributed by atoms with E-state index in [1.807, 2.05) is 20.8 Å². The molecule has 0 saturated heterocycles. The molecule has 0 aliphatic carbocycles. The standard InChI is InChI=1S/C28H29N5O5/c1-17-18(2)32-33(19(17)3)25-15-27(30-16-29-25)38-22-10-8-21(9-11-22)31-26(34)12-7-20-13-23(35-4)28(37-6)24(14-20)36-5/h7-16H,1-6H3,(H,31,34)/b12-7+. The van der Waals surface area contributed by atoms with Crippen molar-refractivity contribution in [2.45, 2.75) is 20.8 Å². The summed E-state index contributed by atoms with van der Waals surface area (Å²) in [7, 11) is 4.61. The summed E-state index contributed by atoms with van der Waals surface area (Å²) in [5.41, 5.74) is 4.39. The summed E-state index contributed by atoms with van der Waals surface area (Å²) >= 11 is 0. The predicted molar refractivity (Wildman–Crippen MR) is 144 cm³/mol. The lowest BCUT2D eigenvalue weighted by atomic mass is 10.1. The molecule has 0 spiro atoms. The zero-order chi connectivity index (χ0) is 27.2. The number of benzene rings is 2. The van der Waals surface area contributed by atoms with Gasteiger partial charge in [-0.1, -0.05) is 0 Å². The van der Waals surface area contributed by atoms with Crippen LogP contribution in [0.5, 0.6) is 28.9 Å². The average molecular weight is 516 g/mol. The third-order valence-electron chi connectivity index (χ3n) is 5.96. The van der Waals surface area contributed by atoms with E-state index in [9.17, 15) is 4.79 Å². The van der Waals surface area contributed by atoms with Crippen LogP contribution >= 0.6 is 0 Å². The Bertz CT molecular complexity index is 1450. The molecule has 0 bridgehead atoms. The monoisotopic (exact) mass is 515 g/mol. The van der Waals surface area contributed by atoms with Crippen LogP contribution in [0, 0.1) is 20.8 Å². The van der Waals surface area contributed by atoms with Crippen molar-refractivity contribution >= 4 is 17.7 Å². The zero-order valence-corrected chi connectivity index (χ0v) is 22.1. The van der Waals surface area contributed by atoms with Gasteiger partial charge in [0, 0.05) is 23.5 Å². The van der Waals surface area contributed by atoms with Gasteiger partial charge in [-0.05, 0) is 74.4 Å². The van der Waals surface area contributed by atoms with E-state index < -0.39 is 0 Å². The Hall–Kier alpha value is -4.86. The van der Waals surface area contributed by atoms with Gasteiger partial charge in [-0.2, -0.15) is 5.10 Å². The van der Waals surface area contributed by atoms with Gasteiger partial charge in [-0.15, -0.1) is 0 Å². The largest absolute Gasteiger partial charge is 0.493 e. The first-order valence-corrected chi connectivity index (χ1v) is 11.7. The Kier molecular flexibility index (Phi) is 7.91. The molecule has 0 aliphatic rings. The molecule has 10 nitrogen and oxygen atoms in total. The number of hydrogen-bond donors (Lipinski definition) is 1. The fraction of sp³-hybridized carbons (Fsp3) is 0.214. The molecule has 1 N–H and O–H groups in total. The number of ether oxygens (including phenoxy) is 4. The number of carbonyl (C=O) groups excluding carboxylic acids is 1. The van der Waals surface area contributed by atoms with Crippen molar-refractivity contribution in [1.82, 2.24) is 19.7 Å². The van der Waals surface area contributed by atoms with Crippen LogP contribution in [0.1, 0.15) is 22.5 Å². The van der Waals surface area contributed by atoms with Crippen LogP contribution in [0.25, 0.3) is 11.9 Å². The Balaban J connectivity index is 1.41. The van der Waals surface area contributed by atoms with E-state index in [1.54, 1.807) is 53.2 Å². The maximum atomic E-state index is 12.5. The summed E-state index contributed by atoms with van der Waals surface area (Å²) < 4.78 is 23.7. The second-order valence-corrected chi connectivity index (χ2v) is 8.33. The van der Waals surface area contributed by atoms with E-state index >= 15 is 0 Å². The van der Waals surface area contributed by atoms with Crippen LogP contribution < -0.4 is 24.3 Å². The summed E-state index contributed by atoms with van der Waals surface area (Å²) in [6.07, 6.45) is 4.52. The van der Waals surface area contributed by atoms with Crippen molar-refractivity contribution < 1.29 is 23.7 Å². The molecular weight excluding hydrogens is 486 g/mol. The normalized spacial score (nSPS) is 10.9. The van der Waals surface area contributed by atoms with Crippen molar-refractivity contribution in [1.29, 1.82) is 0 Å². The topological polar surface area (TPSA) is 110 Å². The van der Waals surface area contributed by atoms with Crippen LogP contribution in [0.2, 0.25) is 0 Å². The Morgan fingerprint density at radius 3 is 2.18 bits per heavy atom. The molecule has 38 heavy (non-hydrogen) atoms. The van der Waals surface area contributed by atoms with Crippen molar-refractivity contribution in [3.63, 3.8) is 0 Å². The van der Waals surface area contributed by atoms with Gasteiger partial charge in [0.15, 0.2) is 17.3 Å². The Morgan fingerprint density at radius 1 is 0.921 bits per heavy atom. The second kappa shape index (κ2) is 11.5. The average Bonchev–Trinajstić information content (AvgIpc) is 3.19. The van der Waals surface area contributed by atoms with Crippen molar-refractivity contribution in [2.24, 2.45) is 0 Å². The number of carbonyl (C=O) groups is 1. The molecule has 4 rings (SSSR count). The van der Waals surface area contributed by atoms with Gasteiger partial charge in [0.2, 0.25) is 17.5 Å². The summed E-state index contributed by atoms with van der Waals surface area (Å²) in [6.45, 7) is 5.97. The quantitative estimate of drug-likeness (QED) is 0.308. The highest BCUT2D eigenvalue weighted by atomic mass is 16.5. The third-order valence-corrected chi connectivity index (χ3v) is 5.96. The van der Waals surface area contributed by atoms with Crippen molar-refractivity contribution in [3.8, 4) is 34.7 Å². The van der Waals surface area contributed by atoms with E-state index in [0.29, 0.717) is 40.4 Å². The van der Waals surface area contributed by atoms with Gasteiger partial charge in [-0.25, -0.2) is 14.6 Å².